The Morgan fingerprint density at radius 1 is 1.38 bits per heavy atom. The molecule has 1 atom stereocenters. The molecule has 1 rings (SSSR count). The van der Waals surface area contributed by atoms with Crippen LogP contribution in [-0.2, 0) is 19.6 Å². The van der Waals surface area contributed by atoms with Crippen molar-refractivity contribution in [1.82, 2.24) is 9.62 Å². The van der Waals surface area contributed by atoms with Gasteiger partial charge in [0, 0.05) is 32.7 Å². The summed E-state index contributed by atoms with van der Waals surface area (Å²) in [5.74, 6) is 0.311. The molecule has 1 aliphatic rings. The van der Waals surface area contributed by atoms with Crippen LogP contribution in [0.15, 0.2) is 0 Å². The van der Waals surface area contributed by atoms with Crippen LogP contribution in [0, 0.1) is 5.92 Å². The Morgan fingerprint density at radius 3 is 2.62 bits per heavy atom. The van der Waals surface area contributed by atoms with E-state index in [2.05, 4.69) is 19.2 Å². The number of carbonyl (C=O) groups is 1. The summed E-state index contributed by atoms with van der Waals surface area (Å²) >= 11 is 0. The summed E-state index contributed by atoms with van der Waals surface area (Å²) in [4.78, 5) is 11.8. The molecular formula is C14H28N2O4S. The van der Waals surface area contributed by atoms with E-state index in [0.29, 0.717) is 19.0 Å². The van der Waals surface area contributed by atoms with E-state index < -0.39 is 10.0 Å². The summed E-state index contributed by atoms with van der Waals surface area (Å²) in [6.07, 6.45) is 4.31. The Balaban J connectivity index is 2.32. The van der Waals surface area contributed by atoms with Crippen molar-refractivity contribution in [3.8, 4) is 0 Å². The molecule has 0 aromatic rings. The topological polar surface area (TPSA) is 75.7 Å². The molecule has 21 heavy (non-hydrogen) atoms. The number of ether oxygens (including phenoxy) is 1. The van der Waals surface area contributed by atoms with Gasteiger partial charge in [-0.25, -0.2) is 12.7 Å². The number of hydrogen-bond donors (Lipinski definition) is 1. The molecule has 6 nitrogen and oxygen atoms in total. The second-order valence-electron chi connectivity index (χ2n) is 6.03. The standard InChI is InChI=1S/C14H28N2O4S/c1-12(2)6-8-16(21(3,18)19)9-7-14(17)15-11-13-5-4-10-20-13/h12-13H,4-11H2,1-3H3,(H,15,17). The fourth-order valence-electron chi connectivity index (χ4n) is 2.19. The number of rotatable bonds is 9. The lowest BCUT2D eigenvalue weighted by Gasteiger charge is -2.20. The highest BCUT2D eigenvalue weighted by atomic mass is 32.2. The first kappa shape index (κ1) is 18.4. The van der Waals surface area contributed by atoms with Gasteiger partial charge in [-0.3, -0.25) is 4.79 Å². The van der Waals surface area contributed by atoms with Crippen LogP contribution in [0.4, 0.5) is 0 Å². The minimum Gasteiger partial charge on any atom is -0.376 e. The first-order chi connectivity index (χ1) is 9.79. The number of carbonyl (C=O) groups excluding carboxylic acids is 1. The average Bonchev–Trinajstić information content (AvgIpc) is 2.87. The highest BCUT2D eigenvalue weighted by molar-refractivity contribution is 7.88. The van der Waals surface area contributed by atoms with Gasteiger partial charge in [-0.2, -0.15) is 0 Å². The number of nitrogens with zero attached hydrogens (tertiary/aromatic N) is 1. The van der Waals surface area contributed by atoms with Crippen LogP contribution in [-0.4, -0.2) is 57.2 Å². The molecule has 1 aliphatic heterocycles. The minimum atomic E-state index is -3.26. The lowest BCUT2D eigenvalue weighted by molar-refractivity contribution is -0.121. The number of hydrogen-bond acceptors (Lipinski definition) is 4. The van der Waals surface area contributed by atoms with Crippen LogP contribution in [0.2, 0.25) is 0 Å². The number of amides is 1. The third-order valence-electron chi connectivity index (χ3n) is 3.56. The molecule has 1 amide bonds. The van der Waals surface area contributed by atoms with Crippen molar-refractivity contribution in [2.45, 2.75) is 45.6 Å². The Labute approximate surface area is 128 Å². The Morgan fingerprint density at radius 2 is 2.10 bits per heavy atom. The molecule has 0 bridgehead atoms. The zero-order valence-electron chi connectivity index (χ0n) is 13.3. The predicted molar refractivity (Wildman–Crippen MR) is 82.5 cm³/mol. The van der Waals surface area contributed by atoms with Gasteiger partial charge in [0.25, 0.3) is 0 Å². The van der Waals surface area contributed by atoms with Crippen molar-refractivity contribution in [3.63, 3.8) is 0 Å². The normalized spacial score (nSPS) is 19.4. The largest absolute Gasteiger partial charge is 0.376 e. The summed E-state index contributed by atoms with van der Waals surface area (Å²) in [6.45, 7) is 6.09. The van der Waals surface area contributed by atoms with E-state index in [1.165, 1.54) is 10.6 Å². The molecule has 0 saturated carbocycles. The average molecular weight is 320 g/mol. The molecule has 0 spiro atoms. The summed E-state index contributed by atoms with van der Waals surface area (Å²) < 4.78 is 30.2. The molecule has 1 N–H and O–H groups in total. The monoisotopic (exact) mass is 320 g/mol. The van der Waals surface area contributed by atoms with Crippen molar-refractivity contribution < 1.29 is 17.9 Å². The maximum atomic E-state index is 11.8. The molecule has 1 heterocycles. The molecule has 0 aromatic heterocycles. The van der Waals surface area contributed by atoms with Crippen LogP contribution in [0.1, 0.15) is 39.5 Å². The van der Waals surface area contributed by atoms with Gasteiger partial charge in [0.1, 0.15) is 0 Å². The smallest absolute Gasteiger partial charge is 0.221 e. The minimum absolute atomic E-state index is 0.112. The third-order valence-corrected chi connectivity index (χ3v) is 4.87. The van der Waals surface area contributed by atoms with Gasteiger partial charge in [-0.05, 0) is 25.2 Å². The van der Waals surface area contributed by atoms with Crippen molar-refractivity contribution >= 4 is 15.9 Å². The van der Waals surface area contributed by atoms with Gasteiger partial charge in [0.05, 0.1) is 12.4 Å². The van der Waals surface area contributed by atoms with E-state index in [9.17, 15) is 13.2 Å². The molecule has 1 fully saturated rings. The second-order valence-corrected chi connectivity index (χ2v) is 8.02. The maximum Gasteiger partial charge on any atom is 0.221 e. The van der Waals surface area contributed by atoms with Crippen molar-refractivity contribution in [2.75, 3.05) is 32.5 Å². The SMILES string of the molecule is CC(C)CCN(CCC(=O)NCC1CCCO1)S(C)(=O)=O. The highest BCUT2D eigenvalue weighted by Gasteiger charge is 2.19. The third kappa shape index (κ3) is 7.78. The lowest BCUT2D eigenvalue weighted by Crippen LogP contribution is -2.37. The molecule has 124 valence electrons. The van der Waals surface area contributed by atoms with Crippen LogP contribution in [0.5, 0.6) is 0 Å². The highest BCUT2D eigenvalue weighted by Crippen LogP contribution is 2.11. The number of nitrogens with one attached hydrogen (secondary N) is 1. The predicted octanol–water partition coefficient (Wildman–Crippen LogP) is 0.979. The van der Waals surface area contributed by atoms with E-state index in [0.717, 1.165) is 25.9 Å². The molecule has 0 aliphatic carbocycles. The molecule has 1 unspecified atom stereocenters. The maximum absolute atomic E-state index is 11.8. The van der Waals surface area contributed by atoms with Gasteiger partial charge in [-0.1, -0.05) is 13.8 Å². The summed E-state index contributed by atoms with van der Waals surface area (Å²) in [6, 6.07) is 0. The summed E-state index contributed by atoms with van der Waals surface area (Å²) in [5, 5.41) is 2.81. The summed E-state index contributed by atoms with van der Waals surface area (Å²) in [5.41, 5.74) is 0. The van der Waals surface area contributed by atoms with Gasteiger partial charge in [0.2, 0.25) is 15.9 Å². The van der Waals surface area contributed by atoms with Crippen LogP contribution >= 0.6 is 0 Å². The molecular weight excluding hydrogens is 292 g/mol. The second kappa shape index (κ2) is 8.70. The van der Waals surface area contributed by atoms with E-state index >= 15 is 0 Å². The molecule has 1 saturated heterocycles. The van der Waals surface area contributed by atoms with Crippen LogP contribution in [0.3, 0.4) is 0 Å². The van der Waals surface area contributed by atoms with E-state index in [4.69, 9.17) is 4.74 Å². The van der Waals surface area contributed by atoms with Crippen molar-refractivity contribution in [1.29, 1.82) is 0 Å². The first-order valence-electron chi connectivity index (χ1n) is 7.62. The lowest BCUT2D eigenvalue weighted by atomic mass is 10.1. The van der Waals surface area contributed by atoms with Crippen LogP contribution in [0.25, 0.3) is 0 Å². The van der Waals surface area contributed by atoms with E-state index in [1.54, 1.807) is 0 Å². The zero-order valence-corrected chi connectivity index (χ0v) is 14.1. The number of sulfonamides is 1. The van der Waals surface area contributed by atoms with Gasteiger partial charge >= 0.3 is 0 Å². The Kier molecular flexibility index (Phi) is 7.62. The summed E-state index contributed by atoms with van der Waals surface area (Å²) in [7, 11) is -3.26. The zero-order chi connectivity index (χ0) is 15.9. The van der Waals surface area contributed by atoms with E-state index in [-0.39, 0.29) is 25.0 Å². The fourth-order valence-corrected chi connectivity index (χ4v) is 3.05. The van der Waals surface area contributed by atoms with Gasteiger partial charge in [-0.15, -0.1) is 0 Å². The molecule has 0 aromatic carbocycles. The fraction of sp³-hybridized carbons (Fsp3) is 0.929. The van der Waals surface area contributed by atoms with Gasteiger partial charge in [0.15, 0.2) is 0 Å². The first-order valence-corrected chi connectivity index (χ1v) is 9.47. The van der Waals surface area contributed by atoms with Crippen molar-refractivity contribution in [3.05, 3.63) is 0 Å². The van der Waals surface area contributed by atoms with E-state index in [1.807, 2.05) is 0 Å². The Bertz CT molecular complexity index is 417. The molecule has 7 heteroatoms. The molecule has 0 radical (unpaired) electrons. The Hall–Kier alpha value is -0.660. The van der Waals surface area contributed by atoms with Crippen molar-refractivity contribution in [2.24, 2.45) is 5.92 Å². The quantitative estimate of drug-likeness (QED) is 0.687. The van der Waals surface area contributed by atoms with Gasteiger partial charge < -0.3 is 10.1 Å². The van der Waals surface area contributed by atoms with Crippen LogP contribution < -0.4 is 5.32 Å².